The van der Waals surface area contributed by atoms with Gasteiger partial charge in [-0.1, -0.05) is 72.8 Å². The minimum absolute atomic E-state index is 0.279. The smallest absolute Gasteiger partial charge is 0.342 e. The number of hydrogen-bond donors (Lipinski definition) is 0. The normalized spacial score (nSPS) is 12.9. The summed E-state index contributed by atoms with van der Waals surface area (Å²) in [5.74, 6) is -0.556. The van der Waals surface area contributed by atoms with Gasteiger partial charge in [0.25, 0.3) is 5.91 Å². The van der Waals surface area contributed by atoms with Crippen LogP contribution in [0.4, 0.5) is 0 Å². The number of para-hydroxylation sites is 1. The van der Waals surface area contributed by atoms with Gasteiger partial charge in [-0.15, -0.1) is 0 Å². The number of benzene rings is 3. The highest BCUT2D eigenvalue weighted by Crippen LogP contribution is 2.21. The van der Waals surface area contributed by atoms with Crippen molar-refractivity contribution in [2.24, 2.45) is 5.10 Å². The molecule has 6 nitrogen and oxygen atoms in total. The van der Waals surface area contributed by atoms with Crippen LogP contribution in [0.25, 0.3) is 0 Å². The molecule has 3 aromatic rings. The topological polar surface area (TPSA) is 68.2 Å². The van der Waals surface area contributed by atoms with Crippen LogP contribution in [-0.4, -0.2) is 35.7 Å². The maximum absolute atomic E-state index is 12.6. The van der Waals surface area contributed by atoms with E-state index in [0.29, 0.717) is 25.3 Å². The maximum Gasteiger partial charge on any atom is 0.342 e. The molecule has 0 unspecified atom stereocenters. The summed E-state index contributed by atoms with van der Waals surface area (Å²) in [6, 6.07) is 26.2. The van der Waals surface area contributed by atoms with Crippen molar-refractivity contribution in [2.45, 2.75) is 13.0 Å². The zero-order chi connectivity index (χ0) is 21.5. The lowest BCUT2D eigenvalue weighted by Crippen LogP contribution is -2.28. The van der Waals surface area contributed by atoms with Crippen molar-refractivity contribution < 1.29 is 19.1 Å². The molecule has 156 valence electrons. The van der Waals surface area contributed by atoms with E-state index in [1.807, 2.05) is 60.7 Å². The Morgan fingerprint density at radius 3 is 2.32 bits per heavy atom. The van der Waals surface area contributed by atoms with Crippen LogP contribution >= 0.6 is 0 Å². The molecule has 0 saturated heterocycles. The van der Waals surface area contributed by atoms with E-state index < -0.39 is 5.97 Å². The Bertz CT molecular complexity index is 1080. The third kappa shape index (κ3) is 5.17. The second-order valence-electron chi connectivity index (χ2n) is 7.03. The first-order valence-electron chi connectivity index (χ1n) is 10.1. The minimum Gasteiger partial charge on any atom is -0.488 e. The molecule has 0 atom stereocenters. The SMILES string of the molecule is O=C(OCC(=O)N1CCC(c2ccccc2)=N1)c1ccccc1OCc1ccccc1. The number of hydrazone groups is 1. The van der Waals surface area contributed by atoms with Gasteiger partial charge in [-0.25, -0.2) is 9.80 Å². The Morgan fingerprint density at radius 1 is 0.871 bits per heavy atom. The van der Waals surface area contributed by atoms with Gasteiger partial charge in [-0.2, -0.15) is 5.10 Å². The molecule has 0 spiro atoms. The van der Waals surface area contributed by atoms with E-state index in [9.17, 15) is 9.59 Å². The highest BCUT2D eigenvalue weighted by molar-refractivity contribution is 6.02. The Labute approximate surface area is 180 Å². The molecule has 31 heavy (non-hydrogen) atoms. The van der Waals surface area contributed by atoms with Crippen LogP contribution in [-0.2, 0) is 16.1 Å². The summed E-state index contributed by atoms with van der Waals surface area (Å²) in [6.45, 7) is 0.420. The Morgan fingerprint density at radius 2 is 1.55 bits per heavy atom. The van der Waals surface area contributed by atoms with Crippen LogP contribution in [0.5, 0.6) is 5.75 Å². The van der Waals surface area contributed by atoms with Crippen LogP contribution in [0.2, 0.25) is 0 Å². The quantitative estimate of drug-likeness (QED) is 0.547. The fraction of sp³-hybridized carbons (Fsp3) is 0.160. The summed E-state index contributed by atoms with van der Waals surface area (Å²) < 4.78 is 11.1. The number of hydrogen-bond acceptors (Lipinski definition) is 5. The molecular formula is C25H22N2O4. The molecule has 0 N–H and O–H groups in total. The molecule has 1 amide bonds. The molecule has 4 rings (SSSR count). The van der Waals surface area contributed by atoms with Crippen molar-refractivity contribution in [3.8, 4) is 5.75 Å². The molecule has 0 aliphatic carbocycles. The zero-order valence-corrected chi connectivity index (χ0v) is 16.9. The van der Waals surface area contributed by atoms with Crippen molar-refractivity contribution in [3.05, 3.63) is 102 Å². The summed E-state index contributed by atoms with van der Waals surface area (Å²) in [6.07, 6.45) is 0.667. The Kier molecular flexibility index (Phi) is 6.38. The van der Waals surface area contributed by atoms with E-state index >= 15 is 0 Å². The van der Waals surface area contributed by atoms with Gasteiger partial charge in [-0.05, 0) is 23.3 Å². The number of carbonyl (C=O) groups is 2. The van der Waals surface area contributed by atoms with E-state index in [-0.39, 0.29) is 18.1 Å². The molecule has 3 aromatic carbocycles. The van der Waals surface area contributed by atoms with E-state index in [1.54, 1.807) is 24.3 Å². The van der Waals surface area contributed by atoms with Crippen molar-refractivity contribution in [3.63, 3.8) is 0 Å². The first-order valence-corrected chi connectivity index (χ1v) is 10.1. The lowest BCUT2D eigenvalue weighted by atomic mass is 10.1. The second-order valence-corrected chi connectivity index (χ2v) is 7.03. The van der Waals surface area contributed by atoms with Gasteiger partial charge >= 0.3 is 5.97 Å². The summed E-state index contributed by atoms with van der Waals surface area (Å²) in [5, 5.41) is 5.73. The summed E-state index contributed by atoms with van der Waals surface area (Å²) in [4.78, 5) is 25.0. The third-order valence-corrected chi connectivity index (χ3v) is 4.87. The van der Waals surface area contributed by atoms with Crippen molar-refractivity contribution >= 4 is 17.6 Å². The summed E-state index contributed by atoms with van der Waals surface area (Å²) in [5.41, 5.74) is 3.10. The molecule has 6 heteroatoms. The second kappa shape index (κ2) is 9.71. The predicted octanol–water partition coefficient (Wildman–Crippen LogP) is 4.06. The Balaban J connectivity index is 1.35. The largest absolute Gasteiger partial charge is 0.488 e. The monoisotopic (exact) mass is 414 g/mol. The van der Waals surface area contributed by atoms with E-state index in [4.69, 9.17) is 9.47 Å². The predicted molar refractivity (Wildman–Crippen MR) is 117 cm³/mol. The standard InChI is InChI=1S/C25H22N2O4/c28-24(27-16-15-22(26-27)20-11-5-2-6-12-20)18-31-25(29)21-13-7-8-14-23(21)30-17-19-9-3-1-4-10-19/h1-14H,15-18H2. The molecule has 0 saturated carbocycles. The fourth-order valence-corrected chi connectivity index (χ4v) is 3.25. The minimum atomic E-state index is -0.608. The highest BCUT2D eigenvalue weighted by Gasteiger charge is 2.23. The average Bonchev–Trinajstić information content (AvgIpc) is 3.33. The maximum atomic E-state index is 12.6. The van der Waals surface area contributed by atoms with Gasteiger partial charge in [0.2, 0.25) is 0 Å². The van der Waals surface area contributed by atoms with Gasteiger partial charge in [0, 0.05) is 6.42 Å². The van der Waals surface area contributed by atoms with E-state index in [1.165, 1.54) is 5.01 Å². The van der Waals surface area contributed by atoms with Crippen LogP contribution < -0.4 is 4.74 Å². The number of amides is 1. The van der Waals surface area contributed by atoms with Gasteiger partial charge in [0.1, 0.15) is 17.9 Å². The van der Waals surface area contributed by atoms with Gasteiger partial charge in [0.05, 0.1) is 12.3 Å². The molecule has 1 aliphatic heterocycles. The van der Waals surface area contributed by atoms with Crippen molar-refractivity contribution in [1.82, 2.24) is 5.01 Å². The van der Waals surface area contributed by atoms with Crippen LogP contribution in [0.1, 0.15) is 27.9 Å². The van der Waals surface area contributed by atoms with Crippen molar-refractivity contribution in [2.75, 3.05) is 13.2 Å². The van der Waals surface area contributed by atoms with Gasteiger partial charge in [-0.3, -0.25) is 4.79 Å². The molecule has 0 aromatic heterocycles. The first-order chi connectivity index (χ1) is 15.2. The third-order valence-electron chi connectivity index (χ3n) is 4.87. The average molecular weight is 414 g/mol. The molecule has 1 aliphatic rings. The van der Waals surface area contributed by atoms with Gasteiger partial charge in [0.15, 0.2) is 6.61 Å². The Hall–Kier alpha value is -3.93. The number of rotatable bonds is 7. The number of nitrogens with zero attached hydrogens (tertiary/aromatic N) is 2. The number of esters is 1. The number of ether oxygens (including phenoxy) is 2. The number of carbonyl (C=O) groups excluding carboxylic acids is 2. The molecule has 0 bridgehead atoms. The molecule has 0 fully saturated rings. The molecular weight excluding hydrogens is 392 g/mol. The fourth-order valence-electron chi connectivity index (χ4n) is 3.25. The summed E-state index contributed by atoms with van der Waals surface area (Å²) >= 11 is 0. The van der Waals surface area contributed by atoms with Crippen LogP contribution in [0, 0.1) is 0 Å². The lowest BCUT2D eigenvalue weighted by Gasteiger charge is -2.13. The first kappa shape index (κ1) is 20.3. The molecule has 0 radical (unpaired) electrons. The van der Waals surface area contributed by atoms with Crippen LogP contribution in [0.3, 0.4) is 0 Å². The van der Waals surface area contributed by atoms with Crippen molar-refractivity contribution in [1.29, 1.82) is 0 Å². The summed E-state index contributed by atoms with van der Waals surface area (Å²) in [7, 11) is 0. The van der Waals surface area contributed by atoms with E-state index in [0.717, 1.165) is 16.8 Å². The lowest BCUT2D eigenvalue weighted by molar-refractivity contribution is -0.134. The van der Waals surface area contributed by atoms with E-state index in [2.05, 4.69) is 5.10 Å². The van der Waals surface area contributed by atoms with Crippen LogP contribution in [0.15, 0.2) is 90.0 Å². The van der Waals surface area contributed by atoms with Gasteiger partial charge < -0.3 is 9.47 Å². The molecule has 1 heterocycles. The highest BCUT2D eigenvalue weighted by atomic mass is 16.5. The zero-order valence-electron chi connectivity index (χ0n) is 16.9.